The number of pyridine rings is 1. The topological polar surface area (TPSA) is 60.7 Å². The number of aromatic nitrogens is 1. The second kappa shape index (κ2) is 19.4. The van der Waals surface area contributed by atoms with Gasteiger partial charge in [0.1, 0.15) is 12.3 Å². The van der Waals surface area contributed by atoms with Crippen LogP contribution < -0.4 is 24.1 Å². The second-order valence-corrected chi connectivity index (χ2v) is 9.68. The molecule has 1 heterocycles. The Kier molecular flexibility index (Phi) is 15.9. The van der Waals surface area contributed by atoms with Crippen molar-refractivity contribution in [3.05, 3.63) is 48.3 Å². The fraction of sp³-hybridized carbons (Fsp3) is 0.613. The van der Waals surface area contributed by atoms with E-state index >= 15 is 0 Å². The lowest BCUT2D eigenvalue weighted by atomic mass is 10.1. The molecule has 0 saturated carbocycles. The van der Waals surface area contributed by atoms with E-state index in [2.05, 4.69) is 48.3 Å². The van der Waals surface area contributed by atoms with Crippen LogP contribution in [0.15, 0.2) is 42.7 Å². The first-order valence-electron chi connectivity index (χ1n) is 14.3. The average Bonchev–Trinajstić information content (AvgIpc) is 2.92. The van der Waals surface area contributed by atoms with E-state index in [-0.39, 0.29) is 12.5 Å². The van der Waals surface area contributed by atoms with Crippen molar-refractivity contribution in [1.82, 2.24) is 5.32 Å². The number of nitrogens with one attached hydrogen (secondary N) is 1. The molecule has 0 bridgehead atoms. The zero-order valence-corrected chi connectivity index (χ0v) is 23.4. The summed E-state index contributed by atoms with van der Waals surface area (Å²) in [6, 6.07) is 9.65. The maximum atomic E-state index is 12.2. The molecule has 0 radical (unpaired) electrons. The molecule has 0 aliphatic rings. The van der Waals surface area contributed by atoms with Crippen molar-refractivity contribution >= 4 is 5.91 Å². The van der Waals surface area contributed by atoms with Gasteiger partial charge in [0.2, 0.25) is 0 Å². The number of benzene rings is 1. The highest BCUT2D eigenvalue weighted by Gasteiger charge is 2.09. The van der Waals surface area contributed by atoms with Gasteiger partial charge in [0.05, 0.1) is 13.7 Å². The number of hydrogen-bond donors (Lipinski definition) is 1. The van der Waals surface area contributed by atoms with Crippen LogP contribution in [0, 0.1) is 0 Å². The summed E-state index contributed by atoms with van der Waals surface area (Å²) in [4.78, 5) is 12.2. The summed E-state index contributed by atoms with van der Waals surface area (Å²) in [5.41, 5.74) is 1.20. The van der Waals surface area contributed by atoms with Crippen molar-refractivity contribution in [2.75, 3.05) is 26.9 Å². The van der Waals surface area contributed by atoms with E-state index in [0.29, 0.717) is 30.4 Å². The molecule has 6 nitrogen and oxygen atoms in total. The highest BCUT2D eigenvalue weighted by Crippen LogP contribution is 2.31. The molecule has 6 heteroatoms. The number of aryl methyl sites for hydroxylation is 1. The maximum Gasteiger partial charge on any atom is 0.257 e. The van der Waals surface area contributed by atoms with E-state index in [1.807, 2.05) is 12.1 Å². The third-order valence-electron chi connectivity index (χ3n) is 6.44. The SMILES string of the molecule is CCCCCCCCCCCCOc1ccc(OCC(=O)NCCc2cc[n+](CCC)cc2)cc1OC. The van der Waals surface area contributed by atoms with Crippen LogP contribution in [0.1, 0.15) is 90.0 Å². The predicted molar refractivity (Wildman–Crippen MR) is 149 cm³/mol. The van der Waals surface area contributed by atoms with Crippen LogP contribution in [0.25, 0.3) is 0 Å². The molecule has 0 saturated heterocycles. The predicted octanol–water partition coefficient (Wildman–Crippen LogP) is 6.43. The summed E-state index contributed by atoms with van der Waals surface area (Å²) in [7, 11) is 1.62. The average molecular weight is 514 g/mol. The molecule has 1 aromatic carbocycles. The lowest BCUT2D eigenvalue weighted by molar-refractivity contribution is -0.697. The van der Waals surface area contributed by atoms with E-state index in [1.54, 1.807) is 13.2 Å². The molecule has 1 aromatic heterocycles. The van der Waals surface area contributed by atoms with Gasteiger partial charge in [0.15, 0.2) is 30.5 Å². The molecule has 1 N–H and O–H groups in total. The smallest absolute Gasteiger partial charge is 0.257 e. The Morgan fingerprint density at radius 3 is 2.14 bits per heavy atom. The lowest BCUT2D eigenvalue weighted by Gasteiger charge is -2.13. The summed E-state index contributed by atoms with van der Waals surface area (Å²) in [6.45, 7) is 6.66. The molecule has 1 amide bonds. The van der Waals surface area contributed by atoms with Gasteiger partial charge in [-0.05, 0) is 30.5 Å². The van der Waals surface area contributed by atoms with Gasteiger partial charge in [-0.1, -0.05) is 71.6 Å². The summed E-state index contributed by atoms with van der Waals surface area (Å²) in [6.07, 6.45) is 19.1. The van der Waals surface area contributed by atoms with E-state index in [0.717, 1.165) is 25.8 Å². The molecule has 0 atom stereocenters. The Labute approximate surface area is 224 Å². The first-order chi connectivity index (χ1) is 18.2. The molecular weight excluding hydrogens is 464 g/mol. The van der Waals surface area contributed by atoms with Crippen molar-refractivity contribution in [1.29, 1.82) is 0 Å². The molecular formula is C31H49N2O4+. The van der Waals surface area contributed by atoms with E-state index in [4.69, 9.17) is 14.2 Å². The summed E-state index contributed by atoms with van der Waals surface area (Å²) >= 11 is 0. The van der Waals surface area contributed by atoms with Gasteiger partial charge < -0.3 is 19.5 Å². The largest absolute Gasteiger partial charge is 0.493 e. The van der Waals surface area contributed by atoms with Crippen LogP contribution in [0.4, 0.5) is 0 Å². The number of methoxy groups -OCH3 is 1. The van der Waals surface area contributed by atoms with E-state index < -0.39 is 0 Å². The number of carbonyl (C=O) groups excluding carboxylic acids is 1. The number of unbranched alkanes of at least 4 members (excludes halogenated alkanes) is 9. The highest BCUT2D eigenvalue weighted by molar-refractivity contribution is 5.77. The number of amides is 1. The van der Waals surface area contributed by atoms with Gasteiger partial charge in [0, 0.05) is 31.2 Å². The maximum absolute atomic E-state index is 12.2. The Morgan fingerprint density at radius 1 is 0.811 bits per heavy atom. The van der Waals surface area contributed by atoms with Crippen molar-refractivity contribution in [3.63, 3.8) is 0 Å². The Hall–Kier alpha value is -2.76. The van der Waals surface area contributed by atoms with Crippen molar-refractivity contribution < 1.29 is 23.6 Å². The first kappa shape index (κ1) is 30.5. The van der Waals surface area contributed by atoms with Crippen LogP contribution in [0.2, 0.25) is 0 Å². The number of nitrogens with zero attached hydrogens (tertiary/aromatic N) is 1. The minimum Gasteiger partial charge on any atom is -0.493 e. The Morgan fingerprint density at radius 2 is 1.49 bits per heavy atom. The number of hydrogen-bond acceptors (Lipinski definition) is 4. The highest BCUT2D eigenvalue weighted by atomic mass is 16.5. The van der Waals surface area contributed by atoms with E-state index in [9.17, 15) is 4.79 Å². The normalized spacial score (nSPS) is 10.8. The number of carbonyl (C=O) groups is 1. The third kappa shape index (κ3) is 13.4. The fourth-order valence-electron chi connectivity index (χ4n) is 4.24. The molecule has 37 heavy (non-hydrogen) atoms. The van der Waals surface area contributed by atoms with E-state index in [1.165, 1.54) is 63.4 Å². The van der Waals surface area contributed by atoms with Gasteiger partial charge in [-0.2, -0.15) is 0 Å². The zero-order chi connectivity index (χ0) is 26.6. The molecule has 0 aliphatic carbocycles. The quantitative estimate of drug-likeness (QED) is 0.154. The van der Waals surface area contributed by atoms with Crippen LogP contribution in [-0.4, -0.2) is 32.8 Å². The fourth-order valence-corrected chi connectivity index (χ4v) is 4.24. The van der Waals surface area contributed by atoms with Gasteiger partial charge >= 0.3 is 0 Å². The standard InChI is InChI=1S/C31H48N2O4/c1-4-6-7-8-9-10-11-12-13-14-24-36-29-16-15-28(25-30(29)35-3)37-26-31(34)32-20-17-27-18-22-33(21-5-2)23-19-27/h15-16,18-19,22-23,25H,4-14,17,20-21,24,26H2,1-3H3/p+1. The monoisotopic (exact) mass is 513 g/mol. The minimum atomic E-state index is -0.141. The first-order valence-corrected chi connectivity index (χ1v) is 14.3. The molecule has 0 fully saturated rings. The van der Waals surface area contributed by atoms with Crippen LogP contribution >= 0.6 is 0 Å². The second-order valence-electron chi connectivity index (χ2n) is 9.68. The lowest BCUT2D eigenvalue weighted by Crippen LogP contribution is -2.33. The van der Waals surface area contributed by atoms with Crippen molar-refractivity contribution in [2.24, 2.45) is 0 Å². The van der Waals surface area contributed by atoms with Crippen LogP contribution in [-0.2, 0) is 17.8 Å². The molecule has 0 spiro atoms. The summed E-state index contributed by atoms with van der Waals surface area (Å²) in [5, 5.41) is 2.92. The molecule has 2 aromatic rings. The zero-order valence-electron chi connectivity index (χ0n) is 23.4. The van der Waals surface area contributed by atoms with Gasteiger partial charge in [-0.3, -0.25) is 4.79 Å². The van der Waals surface area contributed by atoms with Crippen molar-refractivity contribution in [2.45, 2.75) is 97.4 Å². The minimum absolute atomic E-state index is 0.0345. The number of rotatable bonds is 21. The van der Waals surface area contributed by atoms with Gasteiger partial charge in [-0.25, -0.2) is 4.57 Å². The Balaban J connectivity index is 1.60. The molecule has 206 valence electrons. The molecule has 0 aliphatic heterocycles. The summed E-state index contributed by atoms with van der Waals surface area (Å²) in [5.74, 6) is 1.77. The van der Waals surface area contributed by atoms with Crippen LogP contribution in [0.5, 0.6) is 17.2 Å². The van der Waals surface area contributed by atoms with Crippen LogP contribution in [0.3, 0.4) is 0 Å². The van der Waals surface area contributed by atoms with Gasteiger partial charge in [0.25, 0.3) is 5.91 Å². The third-order valence-corrected chi connectivity index (χ3v) is 6.44. The van der Waals surface area contributed by atoms with Gasteiger partial charge in [-0.15, -0.1) is 0 Å². The Bertz CT molecular complexity index is 870. The molecule has 2 rings (SSSR count). The molecule has 0 unspecified atom stereocenters. The summed E-state index contributed by atoms with van der Waals surface area (Å²) < 4.78 is 19.2. The van der Waals surface area contributed by atoms with Crippen molar-refractivity contribution in [3.8, 4) is 17.2 Å². The number of ether oxygens (including phenoxy) is 3.